The van der Waals surface area contributed by atoms with Crippen molar-refractivity contribution in [2.75, 3.05) is 19.8 Å². The number of carbonyl (C=O) groups excluding carboxylic acids is 1. The van der Waals surface area contributed by atoms with Crippen molar-refractivity contribution in [3.05, 3.63) is 36.5 Å². The number of unbranched alkanes of at least 4 members (excludes halogenated alkanes) is 35. The molecule has 0 aromatic carbocycles. The molecule has 78 heavy (non-hydrogen) atoms. The summed E-state index contributed by atoms with van der Waals surface area (Å²) in [7, 11) is 0. The van der Waals surface area contributed by atoms with Gasteiger partial charge >= 0.3 is 0 Å². The van der Waals surface area contributed by atoms with E-state index in [0.29, 0.717) is 12.8 Å². The number of ether oxygens (including phenoxy) is 4. The SMILES string of the molecule is CCCCCCCCCCCCCC/C=C/CC/C=C/CC/C=C/C(O)C(COC1OC(CO)C(OC2OC(CO)C(O)C(O)C2O)C(O)C1O)NC(=O)CCCCCCCCCCCCCCCCCCCCCCCC. The summed E-state index contributed by atoms with van der Waals surface area (Å²) in [6.07, 6.45) is 44.8. The summed E-state index contributed by atoms with van der Waals surface area (Å²) < 4.78 is 22.8. The first-order valence-corrected chi connectivity index (χ1v) is 32.2. The average Bonchev–Trinajstić information content (AvgIpc) is 3.48. The topological polar surface area (TPSA) is 228 Å². The standard InChI is InChI=1S/C64H119NO13/c1-3-5-7-9-11-13-15-17-19-21-23-25-27-29-31-33-35-37-39-41-43-45-47-53(68)52(51-75-63-61(74)59(72)62(55(50-67)77-63)78-64-60(73)58(71)57(70)54(49-66)76-64)65-56(69)48-46-44-42-40-38-36-34-32-30-28-26-24-22-20-18-16-14-12-10-8-6-4-2/h29,31,37,39,45,47,52-55,57-64,66-68,70-74H,3-28,30,32-36,38,40-44,46,48-51H2,1-2H3,(H,65,69)/b31-29+,39-37+,47-45+. The van der Waals surface area contributed by atoms with E-state index in [2.05, 4.69) is 43.5 Å². The normalized spacial score (nSPS) is 24.7. The minimum Gasteiger partial charge on any atom is -0.394 e. The summed E-state index contributed by atoms with van der Waals surface area (Å²) in [5, 5.41) is 87.2. The van der Waals surface area contributed by atoms with Crippen molar-refractivity contribution in [2.24, 2.45) is 0 Å². The number of carbonyl (C=O) groups is 1. The van der Waals surface area contributed by atoms with Crippen LogP contribution in [0.5, 0.6) is 0 Å². The minimum atomic E-state index is -1.79. The summed E-state index contributed by atoms with van der Waals surface area (Å²) >= 11 is 0. The van der Waals surface area contributed by atoms with Gasteiger partial charge in [0.1, 0.15) is 48.8 Å². The van der Waals surface area contributed by atoms with Crippen LogP contribution < -0.4 is 5.32 Å². The summed E-state index contributed by atoms with van der Waals surface area (Å²) in [6, 6.07) is -0.936. The Morgan fingerprint density at radius 2 is 0.821 bits per heavy atom. The molecule has 2 heterocycles. The van der Waals surface area contributed by atoms with Crippen molar-refractivity contribution in [3.63, 3.8) is 0 Å². The van der Waals surface area contributed by atoms with E-state index < -0.39 is 86.8 Å². The lowest BCUT2D eigenvalue weighted by Crippen LogP contribution is -2.65. The Morgan fingerprint density at radius 1 is 0.449 bits per heavy atom. The number of aliphatic hydroxyl groups is 8. The van der Waals surface area contributed by atoms with Gasteiger partial charge < -0.3 is 65.1 Å². The maximum absolute atomic E-state index is 13.3. The molecule has 14 heteroatoms. The first-order chi connectivity index (χ1) is 38.1. The Hall–Kier alpha value is -1.79. The van der Waals surface area contributed by atoms with Gasteiger partial charge in [-0.3, -0.25) is 4.79 Å². The molecule has 0 aromatic heterocycles. The third-order valence-electron chi connectivity index (χ3n) is 15.8. The lowest BCUT2D eigenvalue weighted by atomic mass is 9.97. The van der Waals surface area contributed by atoms with Crippen LogP contribution in [0.2, 0.25) is 0 Å². The predicted molar refractivity (Wildman–Crippen MR) is 314 cm³/mol. The van der Waals surface area contributed by atoms with Crippen molar-refractivity contribution in [1.29, 1.82) is 0 Å². The summed E-state index contributed by atoms with van der Waals surface area (Å²) in [5.74, 6) is -0.248. The van der Waals surface area contributed by atoms with Gasteiger partial charge in [0, 0.05) is 6.42 Å². The second-order valence-corrected chi connectivity index (χ2v) is 22.9. The highest BCUT2D eigenvalue weighted by Gasteiger charge is 2.51. The molecule has 12 atom stereocenters. The maximum Gasteiger partial charge on any atom is 0.220 e. The third kappa shape index (κ3) is 34.6. The molecule has 1 amide bonds. The Bertz CT molecular complexity index is 1450. The monoisotopic (exact) mass is 1110 g/mol. The van der Waals surface area contributed by atoms with Crippen molar-refractivity contribution >= 4 is 5.91 Å². The van der Waals surface area contributed by atoms with Gasteiger partial charge in [-0.2, -0.15) is 0 Å². The van der Waals surface area contributed by atoms with Crippen LogP contribution in [0.25, 0.3) is 0 Å². The van der Waals surface area contributed by atoms with Crippen LogP contribution in [0.15, 0.2) is 36.5 Å². The molecule has 9 N–H and O–H groups in total. The van der Waals surface area contributed by atoms with E-state index in [-0.39, 0.29) is 18.9 Å². The number of nitrogens with one attached hydrogen (secondary N) is 1. The molecule has 2 aliphatic heterocycles. The minimum absolute atomic E-state index is 0.248. The zero-order valence-electron chi connectivity index (χ0n) is 49.4. The Morgan fingerprint density at radius 3 is 1.26 bits per heavy atom. The molecular formula is C64H119NO13. The molecule has 0 bridgehead atoms. The second-order valence-electron chi connectivity index (χ2n) is 22.9. The molecule has 0 aliphatic carbocycles. The molecule has 0 saturated carbocycles. The van der Waals surface area contributed by atoms with E-state index in [1.807, 2.05) is 6.08 Å². The number of rotatable bonds is 52. The Labute approximate surface area is 474 Å². The molecule has 2 aliphatic rings. The van der Waals surface area contributed by atoms with Crippen LogP contribution in [0.3, 0.4) is 0 Å². The van der Waals surface area contributed by atoms with Gasteiger partial charge in [-0.25, -0.2) is 0 Å². The molecule has 0 radical (unpaired) electrons. The fourth-order valence-electron chi connectivity index (χ4n) is 10.6. The van der Waals surface area contributed by atoms with Gasteiger partial charge in [-0.15, -0.1) is 0 Å². The molecular weight excluding hydrogens is 991 g/mol. The van der Waals surface area contributed by atoms with E-state index in [1.165, 1.54) is 193 Å². The summed E-state index contributed by atoms with van der Waals surface area (Å²) in [6.45, 7) is 2.81. The van der Waals surface area contributed by atoms with E-state index in [1.54, 1.807) is 6.08 Å². The highest BCUT2D eigenvalue weighted by atomic mass is 16.7. The van der Waals surface area contributed by atoms with E-state index >= 15 is 0 Å². The zero-order valence-corrected chi connectivity index (χ0v) is 49.4. The van der Waals surface area contributed by atoms with Gasteiger partial charge in [0.15, 0.2) is 12.6 Å². The van der Waals surface area contributed by atoms with Crippen LogP contribution >= 0.6 is 0 Å². The number of hydrogen-bond donors (Lipinski definition) is 9. The largest absolute Gasteiger partial charge is 0.394 e. The van der Waals surface area contributed by atoms with Gasteiger partial charge in [-0.1, -0.05) is 256 Å². The quantitative estimate of drug-likeness (QED) is 0.0204. The predicted octanol–water partition coefficient (Wildman–Crippen LogP) is 11.8. The average molecular weight is 1110 g/mol. The number of hydrogen-bond acceptors (Lipinski definition) is 13. The smallest absolute Gasteiger partial charge is 0.220 e. The van der Waals surface area contributed by atoms with Gasteiger partial charge in [-0.05, 0) is 44.9 Å². The van der Waals surface area contributed by atoms with E-state index in [0.717, 1.165) is 44.9 Å². The van der Waals surface area contributed by atoms with Gasteiger partial charge in [0.05, 0.1) is 32.0 Å². The lowest BCUT2D eigenvalue weighted by Gasteiger charge is -2.46. The number of amides is 1. The van der Waals surface area contributed by atoms with Gasteiger partial charge in [0.2, 0.25) is 5.91 Å². The fraction of sp³-hybridized carbons (Fsp3) is 0.891. The zero-order chi connectivity index (χ0) is 56.7. The highest BCUT2D eigenvalue weighted by Crippen LogP contribution is 2.30. The van der Waals surface area contributed by atoms with Crippen molar-refractivity contribution in [1.82, 2.24) is 5.32 Å². The first-order valence-electron chi connectivity index (χ1n) is 32.2. The van der Waals surface area contributed by atoms with E-state index in [9.17, 15) is 45.6 Å². The summed E-state index contributed by atoms with van der Waals surface area (Å²) in [5.41, 5.74) is 0. The summed E-state index contributed by atoms with van der Waals surface area (Å²) in [4.78, 5) is 13.3. The Balaban J connectivity index is 1.75. The molecule has 12 unspecified atom stereocenters. The van der Waals surface area contributed by atoms with Crippen LogP contribution in [0, 0.1) is 0 Å². The van der Waals surface area contributed by atoms with Crippen molar-refractivity contribution < 1.29 is 64.6 Å². The van der Waals surface area contributed by atoms with E-state index in [4.69, 9.17) is 18.9 Å². The molecule has 458 valence electrons. The molecule has 2 fully saturated rings. The molecule has 14 nitrogen and oxygen atoms in total. The molecule has 2 rings (SSSR count). The number of allylic oxidation sites excluding steroid dienone is 5. The first kappa shape index (κ1) is 72.3. The van der Waals surface area contributed by atoms with Crippen molar-refractivity contribution in [2.45, 2.75) is 344 Å². The molecule has 0 aromatic rings. The lowest BCUT2D eigenvalue weighted by molar-refractivity contribution is -0.359. The van der Waals surface area contributed by atoms with Gasteiger partial charge in [0.25, 0.3) is 0 Å². The van der Waals surface area contributed by atoms with Crippen LogP contribution in [-0.4, -0.2) is 140 Å². The van der Waals surface area contributed by atoms with Crippen LogP contribution in [0.1, 0.15) is 271 Å². The van der Waals surface area contributed by atoms with Crippen LogP contribution in [0.4, 0.5) is 0 Å². The Kier molecular flexibility index (Phi) is 46.2. The third-order valence-corrected chi connectivity index (χ3v) is 15.8. The second kappa shape index (κ2) is 49.8. The number of aliphatic hydroxyl groups excluding tert-OH is 8. The molecule has 2 saturated heterocycles. The van der Waals surface area contributed by atoms with Crippen molar-refractivity contribution in [3.8, 4) is 0 Å². The maximum atomic E-state index is 13.3. The fourth-order valence-corrected chi connectivity index (χ4v) is 10.6. The molecule has 0 spiro atoms. The van der Waals surface area contributed by atoms with Crippen LogP contribution in [-0.2, 0) is 23.7 Å². The highest BCUT2D eigenvalue weighted by molar-refractivity contribution is 5.76.